The van der Waals surface area contributed by atoms with Gasteiger partial charge in [-0.2, -0.15) is 13.2 Å². The Kier molecular flexibility index (Phi) is 3.09. The molecule has 1 unspecified atom stereocenters. The summed E-state index contributed by atoms with van der Waals surface area (Å²) in [6.45, 7) is -0.690. The molecule has 1 heterocycles. The van der Waals surface area contributed by atoms with Gasteiger partial charge in [-0.15, -0.1) is 0 Å². The molecule has 0 spiro atoms. The summed E-state index contributed by atoms with van der Waals surface area (Å²) in [5.74, 6) is -3.62. The van der Waals surface area contributed by atoms with E-state index in [1.54, 1.807) is 0 Å². The van der Waals surface area contributed by atoms with Crippen LogP contribution in [-0.2, 0) is 9.59 Å². The molecule has 0 aromatic heterocycles. The van der Waals surface area contributed by atoms with E-state index in [4.69, 9.17) is 9.84 Å². The highest BCUT2D eigenvalue weighted by Crippen LogP contribution is 2.35. The summed E-state index contributed by atoms with van der Waals surface area (Å²) >= 11 is 0. The zero-order valence-corrected chi connectivity index (χ0v) is 9.35. The molecule has 102 valence electrons. The first-order chi connectivity index (χ1) is 8.80. The second-order valence-corrected chi connectivity index (χ2v) is 3.83. The van der Waals surface area contributed by atoms with Crippen LogP contribution in [0.1, 0.15) is 0 Å². The number of carbonyl (C=O) groups is 2. The number of anilines is 1. The smallest absolute Gasteiger partial charge is 0.471 e. The molecular formula is C11H8F3NO4. The quantitative estimate of drug-likeness (QED) is 0.842. The normalized spacial score (nSPS) is 18.5. The number of nitrogens with zero attached hydrogens (tertiary/aromatic N) is 1. The zero-order chi connectivity index (χ0) is 14.2. The number of benzene rings is 1. The molecule has 8 heteroatoms. The predicted molar refractivity (Wildman–Crippen MR) is 56.9 cm³/mol. The largest absolute Gasteiger partial charge is 0.478 e. The Morgan fingerprint density at radius 2 is 1.95 bits per heavy atom. The van der Waals surface area contributed by atoms with Gasteiger partial charge in [0.1, 0.15) is 5.75 Å². The number of aliphatic carboxylic acids is 1. The Morgan fingerprint density at radius 3 is 2.53 bits per heavy atom. The Hall–Kier alpha value is -2.25. The number of carboxylic acids is 1. The van der Waals surface area contributed by atoms with Crippen molar-refractivity contribution in [3.63, 3.8) is 0 Å². The van der Waals surface area contributed by atoms with Crippen LogP contribution in [0.2, 0.25) is 0 Å². The number of ether oxygens (including phenoxy) is 1. The van der Waals surface area contributed by atoms with Crippen LogP contribution in [0.15, 0.2) is 24.3 Å². The van der Waals surface area contributed by atoms with Crippen molar-refractivity contribution in [3.05, 3.63) is 24.3 Å². The van der Waals surface area contributed by atoms with E-state index >= 15 is 0 Å². The average molecular weight is 275 g/mol. The molecule has 2 rings (SSSR count). The molecule has 1 aliphatic rings. The number of carbonyl (C=O) groups excluding carboxylic acids is 1. The lowest BCUT2D eigenvalue weighted by Crippen LogP contribution is -2.51. The van der Waals surface area contributed by atoms with Crippen molar-refractivity contribution >= 4 is 17.6 Å². The lowest BCUT2D eigenvalue weighted by Gasteiger charge is -2.33. The van der Waals surface area contributed by atoms with Gasteiger partial charge >= 0.3 is 18.1 Å². The molecular weight excluding hydrogens is 267 g/mol. The van der Waals surface area contributed by atoms with Crippen molar-refractivity contribution in [2.75, 3.05) is 11.4 Å². The lowest BCUT2D eigenvalue weighted by molar-refractivity contribution is -0.171. The number of amides is 1. The summed E-state index contributed by atoms with van der Waals surface area (Å²) < 4.78 is 42.5. The van der Waals surface area contributed by atoms with Crippen molar-refractivity contribution < 1.29 is 32.6 Å². The predicted octanol–water partition coefficient (Wildman–Crippen LogP) is 1.43. The van der Waals surface area contributed by atoms with Gasteiger partial charge in [0, 0.05) is 0 Å². The van der Waals surface area contributed by atoms with E-state index < -0.39 is 30.7 Å². The van der Waals surface area contributed by atoms with Crippen LogP contribution in [0.25, 0.3) is 0 Å². The van der Waals surface area contributed by atoms with Gasteiger partial charge in [-0.3, -0.25) is 9.69 Å². The van der Waals surface area contributed by atoms with E-state index in [0.717, 1.165) is 0 Å². The molecule has 1 N–H and O–H groups in total. The maximum atomic E-state index is 12.5. The number of hydrogen-bond donors (Lipinski definition) is 1. The minimum absolute atomic E-state index is 0.0706. The lowest BCUT2D eigenvalue weighted by atomic mass is 10.2. The third kappa shape index (κ3) is 2.47. The first kappa shape index (κ1) is 13.2. The number of carboxylic acid groups (broad SMARTS) is 1. The van der Waals surface area contributed by atoms with Gasteiger partial charge in [0.05, 0.1) is 12.2 Å². The molecule has 0 saturated carbocycles. The zero-order valence-electron chi connectivity index (χ0n) is 9.35. The van der Waals surface area contributed by atoms with Gasteiger partial charge in [-0.1, -0.05) is 12.1 Å². The number of rotatable bonds is 1. The van der Waals surface area contributed by atoms with Crippen molar-refractivity contribution in [1.82, 2.24) is 0 Å². The van der Waals surface area contributed by atoms with E-state index in [-0.39, 0.29) is 11.4 Å². The second kappa shape index (κ2) is 4.45. The maximum Gasteiger partial charge on any atom is 0.471 e. The molecule has 0 saturated heterocycles. The summed E-state index contributed by atoms with van der Waals surface area (Å²) in [5, 5.41) is 8.82. The van der Waals surface area contributed by atoms with Crippen molar-refractivity contribution in [2.24, 2.45) is 0 Å². The maximum absolute atomic E-state index is 12.5. The summed E-state index contributed by atoms with van der Waals surface area (Å²) in [5.41, 5.74) is -0.0951. The van der Waals surface area contributed by atoms with Crippen molar-refractivity contribution in [1.29, 1.82) is 0 Å². The SMILES string of the molecule is O=C(O)C1CN(C(=O)C(F)(F)F)c2ccccc2O1. The molecule has 1 aromatic rings. The van der Waals surface area contributed by atoms with E-state index in [9.17, 15) is 22.8 Å². The van der Waals surface area contributed by atoms with E-state index in [0.29, 0.717) is 4.90 Å². The first-order valence-electron chi connectivity index (χ1n) is 5.18. The van der Waals surface area contributed by atoms with Crippen LogP contribution in [0.5, 0.6) is 5.75 Å². The van der Waals surface area contributed by atoms with Crippen molar-refractivity contribution in [2.45, 2.75) is 12.3 Å². The van der Waals surface area contributed by atoms with Gasteiger partial charge < -0.3 is 9.84 Å². The fourth-order valence-corrected chi connectivity index (χ4v) is 1.71. The Balaban J connectivity index is 2.42. The monoisotopic (exact) mass is 275 g/mol. The van der Waals surface area contributed by atoms with Crippen LogP contribution in [-0.4, -0.2) is 35.8 Å². The third-order valence-corrected chi connectivity index (χ3v) is 2.54. The number of alkyl halides is 3. The molecule has 19 heavy (non-hydrogen) atoms. The summed E-state index contributed by atoms with van der Waals surface area (Å²) in [6.07, 6.45) is -6.60. The highest BCUT2D eigenvalue weighted by Gasteiger charge is 2.46. The molecule has 1 atom stereocenters. The fourth-order valence-electron chi connectivity index (χ4n) is 1.71. The minimum Gasteiger partial charge on any atom is -0.478 e. The summed E-state index contributed by atoms with van der Waals surface area (Å²) in [7, 11) is 0. The van der Waals surface area contributed by atoms with Gasteiger partial charge in [-0.05, 0) is 12.1 Å². The fraction of sp³-hybridized carbons (Fsp3) is 0.273. The Labute approximate surface area is 105 Å². The molecule has 5 nitrogen and oxygen atoms in total. The average Bonchev–Trinajstić information content (AvgIpc) is 2.35. The summed E-state index contributed by atoms with van der Waals surface area (Å²) in [4.78, 5) is 22.5. The molecule has 1 aromatic carbocycles. The highest BCUT2D eigenvalue weighted by molar-refractivity contribution is 5.99. The van der Waals surface area contributed by atoms with E-state index in [1.807, 2.05) is 0 Å². The second-order valence-electron chi connectivity index (χ2n) is 3.83. The third-order valence-electron chi connectivity index (χ3n) is 2.54. The topological polar surface area (TPSA) is 66.8 Å². The highest BCUT2D eigenvalue weighted by atomic mass is 19.4. The van der Waals surface area contributed by atoms with Crippen LogP contribution >= 0.6 is 0 Å². The molecule has 0 aliphatic carbocycles. The first-order valence-corrected chi connectivity index (χ1v) is 5.18. The minimum atomic E-state index is -5.08. The summed E-state index contributed by atoms with van der Waals surface area (Å²) in [6, 6.07) is 5.47. The number of para-hydroxylation sites is 2. The van der Waals surface area contributed by atoms with Crippen molar-refractivity contribution in [3.8, 4) is 5.75 Å². The van der Waals surface area contributed by atoms with Crippen LogP contribution in [0.3, 0.4) is 0 Å². The Morgan fingerprint density at radius 1 is 1.32 bits per heavy atom. The number of fused-ring (bicyclic) bond motifs is 1. The molecule has 1 aliphatic heterocycles. The van der Waals surface area contributed by atoms with Gasteiger partial charge in [-0.25, -0.2) is 4.79 Å². The van der Waals surface area contributed by atoms with Gasteiger partial charge in [0.15, 0.2) is 0 Å². The van der Waals surface area contributed by atoms with Crippen LogP contribution < -0.4 is 9.64 Å². The standard InChI is InChI=1S/C11H8F3NO4/c12-11(13,14)10(18)15-5-8(9(16)17)19-7-4-2-1-3-6(7)15/h1-4,8H,5H2,(H,16,17). The molecule has 1 amide bonds. The molecule has 0 bridgehead atoms. The molecule has 0 fully saturated rings. The van der Waals surface area contributed by atoms with Gasteiger partial charge in [0.25, 0.3) is 0 Å². The van der Waals surface area contributed by atoms with Crippen LogP contribution in [0, 0.1) is 0 Å². The van der Waals surface area contributed by atoms with Gasteiger partial charge in [0.2, 0.25) is 6.10 Å². The van der Waals surface area contributed by atoms with E-state index in [1.165, 1.54) is 24.3 Å². The number of halogens is 3. The number of hydrogen-bond acceptors (Lipinski definition) is 3. The van der Waals surface area contributed by atoms with Crippen LogP contribution in [0.4, 0.5) is 18.9 Å². The van der Waals surface area contributed by atoms with E-state index in [2.05, 4.69) is 0 Å². The Bertz CT molecular complexity index is 529. The molecule has 0 radical (unpaired) electrons.